The van der Waals surface area contributed by atoms with Crippen LogP contribution in [-0.2, 0) is 6.42 Å². The van der Waals surface area contributed by atoms with Crippen LogP contribution in [-0.4, -0.2) is 0 Å². The lowest BCUT2D eigenvalue weighted by molar-refractivity contribution is 0.316. The highest BCUT2D eigenvalue weighted by Gasteiger charge is 2.28. The van der Waals surface area contributed by atoms with E-state index < -0.39 is 0 Å². The van der Waals surface area contributed by atoms with Crippen molar-refractivity contribution in [1.82, 2.24) is 0 Å². The Bertz CT molecular complexity index is 598. The Morgan fingerprint density at radius 1 is 1.00 bits per heavy atom. The van der Waals surface area contributed by atoms with E-state index in [4.69, 9.17) is 0 Å². The van der Waals surface area contributed by atoms with Crippen molar-refractivity contribution in [3.05, 3.63) is 59.7 Å². The molecule has 0 heterocycles. The summed E-state index contributed by atoms with van der Waals surface area (Å²) in [5, 5.41) is 0. The van der Waals surface area contributed by atoms with Crippen molar-refractivity contribution in [2.45, 2.75) is 37.9 Å². The van der Waals surface area contributed by atoms with Gasteiger partial charge >= 0.3 is 0 Å². The molecule has 104 valence electrons. The maximum atomic E-state index is 3.92. The van der Waals surface area contributed by atoms with Gasteiger partial charge in [-0.05, 0) is 53.0 Å². The van der Waals surface area contributed by atoms with Crippen LogP contribution >= 0.6 is 15.9 Å². The number of fused-ring (bicyclic) bond motifs is 1. The molecule has 0 fully saturated rings. The molecule has 2 aromatic rings. The first-order valence-corrected chi connectivity index (χ1v) is 8.29. The van der Waals surface area contributed by atoms with E-state index >= 15 is 0 Å². The van der Waals surface area contributed by atoms with E-state index in [1.54, 1.807) is 0 Å². The van der Waals surface area contributed by atoms with Crippen LogP contribution < -0.4 is 0 Å². The second-order valence-electron chi connectivity index (χ2n) is 6.62. The number of rotatable bonds is 1. The lowest BCUT2D eigenvalue weighted by atomic mass is 9.84. The first kappa shape index (κ1) is 13.9. The highest BCUT2D eigenvalue weighted by molar-refractivity contribution is 9.09. The fraction of sp³-hybridized carbons (Fsp3) is 0.368. The van der Waals surface area contributed by atoms with Gasteiger partial charge in [0.1, 0.15) is 0 Å². The number of alkyl halides is 1. The van der Waals surface area contributed by atoms with E-state index in [9.17, 15) is 0 Å². The van der Waals surface area contributed by atoms with E-state index in [-0.39, 0.29) is 0 Å². The second-order valence-corrected chi connectivity index (χ2v) is 7.72. The highest BCUT2D eigenvalue weighted by Crippen LogP contribution is 2.44. The summed E-state index contributed by atoms with van der Waals surface area (Å²) in [6.07, 6.45) is 3.67. The summed E-state index contributed by atoms with van der Waals surface area (Å²) >= 11 is 3.92. The normalized spacial score (nSPS) is 21.1. The van der Waals surface area contributed by atoms with Crippen LogP contribution in [0.4, 0.5) is 0 Å². The number of aryl methyl sites for hydroxylation is 1. The Morgan fingerprint density at radius 2 is 1.75 bits per heavy atom. The smallest absolute Gasteiger partial charge is 0.0403 e. The van der Waals surface area contributed by atoms with Crippen molar-refractivity contribution in [3.63, 3.8) is 0 Å². The molecular formula is C19H21Br. The molecule has 0 amide bonds. The molecule has 0 radical (unpaired) electrons. The molecule has 0 nitrogen and oxygen atoms in total. The van der Waals surface area contributed by atoms with Crippen LogP contribution in [0.2, 0.25) is 0 Å². The fourth-order valence-electron chi connectivity index (χ4n) is 3.09. The lowest BCUT2D eigenvalue weighted by Crippen LogP contribution is -2.11. The quantitative estimate of drug-likeness (QED) is 0.435. The maximum absolute atomic E-state index is 3.92. The van der Waals surface area contributed by atoms with E-state index in [0.717, 1.165) is 0 Å². The van der Waals surface area contributed by atoms with E-state index in [2.05, 4.69) is 78.3 Å². The van der Waals surface area contributed by atoms with Gasteiger partial charge in [0.2, 0.25) is 0 Å². The van der Waals surface area contributed by atoms with Crippen molar-refractivity contribution in [2.24, 2.45) is 5.41 Å². The van der Waals surface area contributed by atoms with E-state index in [1.165, 1.54) is 41.5 Å². The van der Waals surface area contributed by atoms with Crippen molar-refractivity contribution >= 4 is 15.9 Å². The third-order valence-electron chi connectivity index (χ3n) is 4.39. The summed E-state index contributed by atoms with van der Waals surface area (Å²) in [7, 11) is 0. The van der Waals surface area contributed by atoms with Crippen LogP contribution in [0.1, 0.15) is 42.6 Å². The molecule has 3 rings (SSSR count). The molecule has 20 heavy (non-hydrogen) atoms. The molecule has 0 N–H and O–H groups in total. The Morgan fingerprint density at radius 3 is 2.50 bits per heavy atom. The third-order valence-corrected chi connectivity index (χ3v) is 5.21. The zero-order valence-corrected chi connectivity index (χ0v) is 13.8. The van der Waals surface area contributed by atoms with Gasteiger partial charge in [-0.25, -0.2) is 0 Å². The number of hydrogen-bond acceptors (Lipinski definition) is 0. The van der Waals surface area contributed by atoms with Crippen LogP contribution in [0.3, 0.4) is 0 Å². The Hall–Kier alpha value is -1.08. The van der Waals surface area contributed by atoms with Crippen LogP contribution in [0.15, 0.2) is 48.5 Å². The van der Waals surface area contributed by atoms with Gasteiger partial charge in [-0.1, -0.05) is 72.2 Å². The molecule has 0 saturated heterocycles. The minimum Gasteiger partial charge on any atom is -0.0838 e. The predicted molar refractivity (Wildman–Crippen MR) is 90.3 cm³/mol. The Labute approximate surface area is 130 Å². The van der Waals surface area contributed by atoms with E-state index in [0.29, 0.717) is 10.2 Å². The zero-order valence-electron chi connectivity index (χ0n) is 12.2. The van der Waals surface area contributed by atoms with Gasteiger partial charge < -0.3 is 0 Å². The highest BCUT2D eigenvalue weighted by atomic mass is 79.9. The second kappa shape index (κ2) is 5.37. The molecule has 1 unspecified atom stereocenters. The summed E-state index contributed by atoms with van der Waals surface area (Å²) in [4.78, 5) is 0.471. The van der Waals surface area contributed by atoms with Gasteiger partial charge in [-0.15, -0.1) is 0 Å². The molecule has 2 aromatic carbocycles. The molecule has 1 aliphatic rings. The molecule has 0 spiro atoms. The minimum absolute atomic E-state index is 0.417. The third kappa shape index (κ3) is 2.83. The molecule has 0 aromatic heterocycles. The first-order chi connectivity index (χ1) is 9.55. The van der Waals surface area contributed by atoms with Gasteiger partial charge in [0.25, 0.3) is 0 Å². The van der Waals surface area contributed by atoms with Crippen molar-refractivity contribution < 1.29 is 0 Å². The Balaban J connectivity index is 2.01. The fourth-order valence-corrected chi connectivity index (χ4v) is 4.40. The summed E-state index contributed by atoms with van der Waals surface area (Å²) in [6, 6.07) is 17.6. The van der Waals surface area contributed by atoms with Crippen LogP contribution in [0.5, 0.6) is 0 Å². The molecule has 0 saturated carbocycles. The molecule has 1 atom stereocenters. The maximum Gasteiger partial charge on any atom is 0.0403 e. The standard InChI is InChI=1S/C19H21Br/c1-19(2)11-10-15-8-9-16(12-17(15)18(20)13-19)14-6-4-3-5-7-14/h3-9,12,18H,10-11,13H2,1-2H3. The average molecular weight is 329 g/mol. The van der Waals surface area contributed by atoms with Crippen molar-refractivity contribution in [2.75, 3.05) is 0 Å². The average Bonchev–Trinajstić information content (AvgIpc) is 2.56. The van der Waals surface area contributed by atoms with E-state index in [1.807, 2.05) is 0 Å². The minimum atomic E-state index is 0.417. The van der Waals surface area contributed by atoms with Crippen molar-refractivity contribution in [1.29, 1.82) is 0 Å². The SMILES string of the molecule is CC1(C)CCc2ccc(-c3ccccc3)cc2C(Br)C1. The molecular weight excluding hydrogens is 308 g/mol. The van der Waals surface area contributed by atoms with Gasteiger partial charge in [-0.3, -0.25) is 0 Å². The summed E-state index contributed by atoms with van der Waals surface area (Å²) in [5.41, 5.74) is 6.04. The predicted octanol–water partition coefficient (Wildman–Crippen LogP) is 6.15. The van der Waals surface area contributed by atoms with Gasteiger partial charge in [0.15, 0.2) is 0 Å². The topological polar surface area (TPSA) is 0 Å². The molecule has 0 bridgehead atoms. The molecule has 0 aliphatic heterocycles. The van der Waals surface area contributed by atoms with Crippen LogP contribution in [0, 0.1) is 5.41 Å². The molecule has 1 heteroatoms. The first-order valence-electron chi connectivity index (χ1n) is 7.37. The van der Waals surface area contributed by atoms with Gasteiger partial charge in [0.05, 0.1) is 0 Å². The number of benzene rings is 2. The summed E-state index contributed by atoms with van der Waals surface area (Å²) < 4.78 is 0. The summed E-state index contributed by atoms with van der Waals surface area (Å²) in [5.74, 6) is 0. The number of hydrogen-bond donors (Lipinski definition) is 0. The number of halogens is 1. The van der Waals surface area contributed by atoms with Crippen LogP contribution in [0.25, 0.3) is 11.1 Å². The monoisotopic (exact) mass is 328 g/mol. The Kier molecular flexibility index (Phi) is 3.72. The van der Waals surface area contributed by atoms with Crippen molar-refractivity contribution in [3.8, 4) is 11.1 Å². The lowest BCUT2D eigenvalue weighted by Gasteiger charge is -2.24. The van der Waals surface area contributed by atoms with Gasteiger partial charge in [0, 0.05) is 4.83 Å². The largest absolute Gasteiger partial charge is 0.0838 e. The molecule has 1 aliphatic carbocycles. The van der Waals surface area contributed by atoms with Gasteiger partial charge in [-0.2, -0.15) is 0 Å². The zero-order chi connectivity index (χ0) is 14.2. The summed E-state index contributed by atoms with van der Waals surface area (Å²) in [6.45, 7) is 4.76.